The van der Waals surface area contributed by atoms with Crippen molar-refractivity contribution in [1.29, 1.82) is 0 Å². The average Bonchev–Trinajstić information content (AvgIpc) is 3.30. The van der Waals surface area contributed by atoms with Gasteiger partial charge in [-0.1, -0.05) is 6.07 Å². The number of nitrogens with one attached hydrogen (secondary N) is 1. The SMILES string of the molecule is O=C(c1c[nH]ccc1=O)N(Cc1cccnc1)C1CC1. The number of hydrogen-bond acceptors (Lipinski definition) is 3. The molecule has 3 rings (SSSR count). The van der Waals surface area contributed by atoms with Crippen LogP contribution in [0.1, 0.15) is 28.8 Å². The third-order valence-electron chi connectivity index (χ3n) is 3.38. The topological polar surface area (TPSA) is 66.1 Å². The van der Waals surface area contributed by atoms with E-state index in [1.165, 1.54) is 18.5 Å². The number of carbonyl (C=O) groups is 1. The van der Waals surface area contributed by atoms with E-state index in [4.69, 9.17) is 0 Å². The van der Waals surface area contributed by atoms with Crippen LogP contribution in [-0.2, 0) is 6.54 Å². The Labute approximate surface area is 116 Å². The molecule has 0 unspecified atom stereocenters. The van der Waals surface area contributed by atoms with Crippen molar-refractivity contribution in [1.82, 2.24) is 14.9 Å². The number of pyridine rings is 2. The molecule has 0 radical (unpaired) electrons. The second-order valence-electron chi connectivity index (χ2n) is 4.95. The molecule has 1 amide bonds. The highest BCUT2D eigenvalue weighted by molar-refractivity contribution is 5.94. The van der Waals surface area contributed by atoms with Crippen molar-refractivity contribution in [2.75, 3.05) is 0 Å². The first-order chi connectivity index (χ1) is 9.75. The minimum atomic E-state index is -0.245. The predicted molar refractivity (Wildman–Crippen MR) is 74.2 cm³/mol. The van der Waals surface area contributed by atoms with Crippen molar-refractivity contribution in [3.8, 4) is 0 Å². The molecule has 20 heavy (non-hydrogen) atoms. The normalized spacial score (nSPS) is 14.0. The summed E-state index contributed by atoms with van der Waals surface area (Å²) in [7, 11) is 0. The van der Waals surface area contributed by atoms with Gasteiger partial charge in [-0.3, -0.25) is 14.6 Å². The zero-order valence-corrected chi connectivity index (χ0v) is 11.0. The quantitative estimate of drug-likeness (QED) is 0.916. The second-order valence-corrected chi connectivity index (χ2v) is 4.95. The highest BCUT2D eigenvalue weighted by Gasteiger charge is 2.33. The van der Waals surface area contributed by atoms with Gasteiger partial charge in [0.05, 0.1) is 0 Å². The Morgan fingerprint density at radius 3 is 2.90 bits per heavy atom. The summed E-state index contributed by atoms with van der Waals surface area (Å²) in [6, 6.07) is 5.40. The van der Waals surface area contributed by atoms with E-state index < -0.39 is 0 Å². The van der Waals surface area contributed by atoms with Crippen molar-refractivity contribution >= 4 is 5.91 Å². The lowest BCUT2D eigenvalue weighted by molar-refractivity contribution is 0.0728. The summed E-state index contributed by atoms with van der Waals surface area (Å²) in [5, 5.41) is 0. The fourth-order valence-corrected chi connectivity index (χ4v) is 2.18. The van der Waals surface area contributed by atoms with E-state index in [2.05, 4.69) is 9.97 Å². The molecule has 1 aliphatic carbocycles. The molecule has 0 atom stereocenters. The monoisotopic (exact) mass is 269 g/mol. The fraction of sp³-hybridized carbons (Fsp3) is 0.267. The largest absolute Gasteiger partial charge is 0.367 e. The molecule has 5 heteroatoms. The third-order valence-corrected chi connectivity index (χ3v) is 3.38. The van der Waals surface area contributed by atoms with E-state index in [1.54, 1.807) is 17.3 Å². The van der Waals surface area contributed by atoms with E-state index in [1.807, 2.05) is 12.1 Å². The number of rotatable bonds is 4. The van der Waals surface area contributed by atoms with Crippen LogP contribution in [0.5, 0.6) is 0 Å². The lowest BCUT2D eigenvalue weighted by Gasteiger charge is -2.22. The molecule has 0 spiro atoms. The van der Waals surface area contributed by atoms with Crippen LogP contribution in [0.25, 0.3) is 0 Å². The number of H-pyrrole nitrogens is 1. The van der Waals surface area contributed by atoms with Crippen LogP contribution < -0.4 is 5.43 Å². The van der Waals surface area contributed by atoms with Gasteiger partial charge in [0.25, 0.3) is 5.91 Å². The van der Waals surface area contributed by atoms with Crippen LogP contribution in [0.15, 0.2) is 47.8 Å². The van der Waals surface area contributed by atoms with Gasteiger partial charge in [-0.15, -0.1) is 0 Å². The smallest absolute Gasteiger partial charge is 0.259 e. The fourth-order valence-electron chi connectivity index (χ4n) is 2.18. The van der Waals surface area contributed by atoms with E-state index >= 15 is 0 Å². The minimum absolute atomic E-state index is 0.197. The van der Waals surface area contributed by atoms with Crippen LogP contribution in [0, 0.1) is 0 Å². The summed E-state index contributed by atoms with van der Waals surface area (Å²) in [6.45, 7) is 0.492. The average molecular weight is 269 g/mol. The molecule has 2 aromatic heterocycles. The molecule has 1 saturated carbocycles. The maximum absolute atomic E-state index is 12.5. The Morgan fingerprint density at radius 1 is 1.40 bits per heavy atom. The van der Waals surface area contributed by atoms with Gasteiger partial charge in [-0.2, -0.15) is 0 Å². The molecule has 102 valence electrons. The van der Waals surface area contributed by atoms with Crippen molar-refractivity contribution in [3.63, 3.8) is 0 Å². The lowest BCUT2D eigenvalue weighted by atomic mass is 10.2. The Bertz CT molecular complexity index is 662. The second kappa shape index (κ2) is 5.28. The van der Waals surface area contributed by atoms with Crippen LogP contribution in [0.3, 0.4) is 0 Å². The first-order valence-electron chi connectivity index (χ1n) is 6.62. The summed E-state index contributed by atoms with van der Waals surface area (Å²) >= 11 is 0. The molecule has 0 aliphatic heterocycles. The molecular weight excluding hydrogens is 254 g/mol. The molecule has 2 heterocycles. The molecule has 1 aliphatic rings. The third kappa shape index (κ3) is 2.61. The summed E-state index contributed by atoms with van der Waals surface area (Å²) in [4.78, 5) is 32.9. The highest BCUT2D eigenvalue weighted by atomic mass is 16.2. The summed E-state index contributed by atoms with van der Waals surface area (Å²) in [6.07, 6.45) is 8.45. The van der Waals surface area contributed by atoms with E-state index in [0.717, 1.165) is 18.4 Å². The highest BCUT2D eigenvalue weighted by Crippen LogP contribution is 2.29. The van der Waals surface area contributed by atoms with Crippen molar-refractivity contribution in [2.45, 2.75) is 25.4 Å². The van der Waals surface area contributed by atoms with Gasteiger partial charge in [0, 0.05) is 43.4 Å². The lowest BCUT2D eigenvalue weighted by Crippen LogP contribution is -2.35. The number of amides is 1. The van der Waals surface area contributed by atoms with E-state index in [0.29, 0.717) is 6.54 Å². The van der Waals surface area contributed by atoms with Crippen LogP contribution in [0.4, 0.5) is 0 Å². The van der Waals surface area contributed by atoms with Crippen LogP contribution >= 0.6 is 0 Å². The Morgan fingerprint density at radius 2 is 2.25 bits per heavy atom. The number of carbonyl (C=O) groups excluding carboxylic acids is 1. The van der Waals surface area contributed by atoms with E-state index in [-0.39, 0.29) is 22.9 Å². The minimum Gasteiger partial charge on any atom is -0.367 e. The number of nitrogens with zero attached hydrogens (tertiary/aromatic N) is 2. The first kappa shape index (κ1) is 12.6. The number of aromatic nitrogens is 2. The molecule has 0 bridgehead atoms. The van der Waals surface area contributed by atoms with Gasteiger partial charge in [0.15, 0.2) is 5.43 Å². The van der Waals surface area contributed by atoms with Crippen LogP contribution in [0.2, 0.25) is 0 Å². The van der Waals surface area contributed by atoms with Crippen molar-refractivity contribution < 1.29 is 4.79 Å². The number of aromatic amines is 1. The number of hydrogen-bond donors (Lipinski definition) is 1. The molecule has 2 aromatic rings. The Kier molecular flexibility index (Phi) is 3.33. The molecule has 5 nitrogen and oxygen atoms in total. The van der Waals surface area contributed by atoms with E-state index in [9.17, 15) is 9.59 Å². The molecule has 0 saturated heterocycles. The molecule has 0 aromatic carbocycles. The van der Waals surface area contributed by atoms with Gasteiger partial charge in [-0.05, 0) is 24.5 Å². The van der Waals surface area contributed by atoms with Gasteiger partial charge >= 0.3 is 0 Å². The first-order valence-corrected chi connectivity index (χ1v) is 6.62. The van der Waals surface area contributed by atoms with Gasteiger partial charge in [0.2, 0.25) is 0 Å². The predicted octanol–water partition coefficient (Wildman–Crippen LogP) is 1.57. The van der Waals surface area contributed by atoms with Gasteiger partial charge in [-0.25, -0.2) is 0 Å². The Balaban J connectivity index is 1.86. The van der Waals surface area contributed by atoms with Crippen molar-refractivity contribution in [2.24, 2.45) is 0 Å². The van der Waals surface area contributed by atoms with Gasteiger partial charge < -0.3 is 9.88 Å². The summed E-state index contributed by atoms with van der Waals surface area (Å²) in [5.41, 5.74) is 0.925. The van der Waals surface area contributed by atoms with Crippen molar-refractivity contribution in [3.05, 3.63) is 64.3 Å². The van der Waals surface area contributed by atoms with Crippen LogP contribution in [-0.4, -0.2) is 26.8 Å². The molecule has 1 fully saturated rings. The Hall–Kier alpha value is -2.43. The maximum atomic E-state index is 12.5. The van der Waals surface area contributed by atoms with Gasteiger partial charge in [0.1, 0.15) is 5.56 Å². The molecule has 1 N–H and O–H groups in total. The molecular formula is C15H15N3O2. The standard InChI is InChI=1S/C15H15N3O2/c19-14-5-7-17-9-13(14)15(20)18(12-3-4-12)10-11-2-1-6-16-8-11/h1-2,5-9,12H,3-4,10H2,(H,17,19). The maximum Gasteiger partial charge on any atom is 0.259 e. The summed E-state index contributed by atoms with van der Waals surface area (Å²) < 4.78 is 0. The zero-order valence-electron chi connectivity index (χ0n) is 11.0. The summed E-state index contributed by atoms with van der Waals surface area (Å²) in [5.74, 6) is -0.210. The zero-order chi connectivity index (χ0) is 13.9.